The van der Waals surface area contributed by atoms with Crippen molar-refractivity contribution in [1.29, 1.82) is 0 Å². The van der Waals surface area contributed by atoms with E-state index in [-0.39, 0.29) is 22.7 Å². The second-order valence-electron chi connectivity index (χ2n) is 14.4. The van der Waals surface area contributed by atoms with Gasteiger partial charge in [-0.1, -0.05) is 38.1 Å². The quantitative estimate of drug-likeness (QED) is 0.412. The van der Waals surface area contributed by atoms with E-state index < -0.39 is 0 Å². The third kappa shape index (κ3) is 3.57. The number of aromatic nitrogens is 1. The van der Waals surface area contributed by atoms with E-state index in [4.69, 9.17) is 4.74 Å². The van der Waals surface area contributed by atoms with Crippen molar-refractivity contribution in [2.24, 2.45) is 17.3 Å². The third-order valence-corrected chi connectivity index (χ3v) is 12.5. The molecule has 206 valence electrons. The Hall–Kier alpha value is -2.01. The summed E-state index contributed by atoms with van der Waals surface area (Å²) in [5, 5.41) is 15.7. The van der Waals surface area contributed by atoms with Crippen molar-refractivity contribution in [3.63, 3.8) is 0 Å². The van der Waals surface area contributed by atoms with E-state index >= 15 is 0 Å². The van der Waals surface area contributed by atoms with E-state index in [1.54, 1.807) is 5.06 Å². The lowest BCUT2D eigenvalue weighted by Gasteiger charge is -2.55. The molecule has 4 aliphatic carbocycles. The molecule has 1 aromatic heterocycles. The molecular formula is C35H44N2O2. The van der Waals surface area contributed by atoms with Gasteiger partial charge in [0, 0.05) is 29.9 Å². The minimum atomic E-state index is -0.172. The summed E-state index contributed by atoms with van der Waals surface area (Å²) in [5.74, 6) is 1.89. The average Bonchev–Trinajstić information content (AvgIpc) is 3.47. The first-order valence-electron chi connectivity index (χ1n) is 15.8. The van der Waals surface area contributed by atoms with Gasteiger partial charge in [-0.3, -0.25) is 4.98 Å². The first-order valence-corrected chi connectivity index (χ1v) is 15.8. The summed E-state index contributed by atoms with van der Waals surface area (Å²) in [5.41, 5.74) is 4.36. The second-order valence-corrected chi connectivity index (χ2v) is 14.4. The van der Waals surface area contributed by atoms with Gasteiger partial charge in [0.2, 0.25) is 0 Å². The monoisotopic (exact) mass is 524 g/mol. The summed E-state index contributed by atoms with van der Waals surface area (Å²) in [6.45, 7) is 4.91. The summed E-state index contributed by atoms with van der Waals surface area (Å²) in [7, 11) is 0. The molecule has 3 heterocycles. The number of rotatable bonds is 3. The maximum atomic E-state index is 11.4. The van der Waals surface area contributed by atoms with Crippen molar-refractivity contribution in [3.8, 4) is 0 Å². The Morgan fingerprint density at radius 1 is 0.974 bits per heavy atom. The minimum Gasteiger partial charge on any atom is -0.359 e. The molecule has 1 N–H and O–H groups in total. The Kier molecular flexibility index (Phi) is 5.55. The van der Waals surface area contributed by atoms with E-state index in [2.05, 4.69) is 55.2 Å². The van der Waals surface area contributed by atoms with Crippen LogP contribution in [0.3, 0.4) is 0 Å². The number of nitrogens with zero attached hydrogens (tertiary/aromatic N) is 2. The van der Waals surface area contributed by atoms with Gasteiger partial charge in [0.1, 0.15) is 0 Å². The van der Waals surface area contributed by atoms with Crippen molar-refractivity contribution in [3.05, 3.63) is 65.5 Å². The highest BCUT2D eigenvalue weighted by Gasteiger charge is 2.66. The first kappa shape index (κ1) is 24.8. The number of hydroxylamine groups is 2. The molecule has 1 saturated heterocycles. The first-order chi connectivity index (χ1) is 18.9. The number of hydrogen-bond acceptors (Lipinski definition) is 4. The molecule has 39 heavy (non-hydrogen) atoms. The lowest BCUT2D eigenvalue weighted by atomic mass is 9.58. The van der Waals surface area contributed by atoms with Gasteiger partial charge in [0.15, 0.2) is 0 Å². The van der Waals surface area contributed by atoms with Gasteiger partial charge in [-0.05, 0) is 134 Å². The molecule has 2 bridgehead atoms. The third-order valence-electron chi connectivity index (χ3n) is 12.5. The highest BCUT2D eigenvalue weighted by Crippen LogP contribution is 2.69. The molecule has 2 spiro atoms. The van der Waals surface area contributed by atoms with Crippen LogP contribution in [-0.2, 0) is 4.74 Å². The van der Waals surface area contributed by atoms with Crippen LogP contribution < -0.4 is 0 Å². The van der Waals surface area contributed by atoms with Gasteiger partial charge in [-0.25, -0.2) is 0 Å². The molecule has 8 rings (SSSR count). The van der Waals surface area contributed by atoms with Crippen LogP contribution in [0.5, 0.6) is 0 Å². The van der Waals surface area contributed by atoms with Crippen LogP contribution in [0.4, 0.5) is 0 Å². The van der Waals surface area contributed by atoms with Gasteiger partial charge in [0.25, 0.3) is 0 Å². The predicted molar refractivity (Wildman–Crippen MR) is 155 cm³/mol. The predicted octanol–water partition coefficient (Wildman–Crippen LogP) is 8.12. The van der Waals surface area contributed by atoms with Crippen LogP contribution in [0.25, 0.3) is 10.8 Å². The minimum absolute atomic E-state index is 0.147. The Balaban J connectivity index is 1.09. The Morgan fingerprint density at radius 2 is 1.85 bits per heavy atom. The fourth-order valence-electron chi connectivity index (χ4n) is 10.3. The summed E-state index contributed by atoms with van der Waals surface area (Å²) in [6.07, 6.45) is 22.7. The smallest absolute Gasteiger partial charge is 0.0974 e. The zero-order valence-electron chi connectivity index (χ0n) is 23.7. The molecule has 4 fully saturated rings. The average molecular weight is 525 g/mol. The number of hydrogen-bond donors (Lipinski definition) is 1. The van der Waals surface area contributed by atoms with E-state index in [9.17, 15) is 5.21 Å². The van der Waals surface area contributed by atoms with Crippen molar-refractivity contribution in [2.45, 2.75) is 120 Å². The molecule has 2 aromatic rings. The fourth-order valence-corrected chi connectivity index (χ4v) is 10.3. The van der Waals surface area contributed by atoms with Crippen molar-refractivity contribution in [2.75, 3.05) is 0 Å². The zero-order chi connectivity index (χ0) is 26.4. The van der Waals surface area contributed by atoms with E-state index in [0.29, 0.717) is 17.9 Å². The van der Waals surface area contributed by atoms with Crippen LogP contribution in [0.15, 0.2) is 60.0 Å². The molecule has 0 amide bonds. The van der Waals surface area contributed by atoms with Crippen molar-refractivity contribution in [1.82, 2.24) is 10.0 Å². The molecular weight excluding hydrogens is 480 g/mol. The number of ether oxygens (including phenoxy) is 1. The van der Waals surface area contributed by atoms with Gasteiger partial charge in [0.05, 0.1) is 11.2 Å². The highest BCUT2D eigenvalue weighted by molar-refractivity contribution is 5.82. The lowest BCUT2D eigenvalue weighted by molar-refractivity contribution is -0.200. The Morgan fingerprint density at radius 3 is 2.72 bits per heavy atom. The zero-order valence-corrected chi connectivity index (χ0v) is 23.7. The normalized spacial score (nSPS) is 43.0. The fraction of sp³-hybridized carbons (Fsp3) is 0.629. The molecule has 6 aliphatic rings. The van der Waals surface area contributed by atoms with Crippen LogP contribution in [0.2, 0.25) is 0 Å². The molecule has 4 nitrogen and oxygen atoms in total. The van der Waals surface area contributed by atoms with Gasteiger partial charge in [-0.2, -0.15) is 5.06 Å². The van der Waals surface area contributed by atoms with Gasteiger partial charge < -0.3 is 9.94 Å². The highest BCUT2D eigenvalue weighted by atomic mass is 16.5. The molecule has 6 atom stereocenters. The van der Waals surface area contributed by atoms with Crippen molar-refractivity contribution >= 4 is 10.8 Å². The molecule has 2 aliphatic heterocycles. The Bertz CT molecular complexity index is 1360. The lowest BCUT2D eigenvalue weighted by Crippen LogP contribution is -2.56. The summed E-state index contributed by atoms with van der Waals surface area (Å²) < 4.78 is 7.51. The Labute approximate surface area is 233 Å². The number of pyridine rings is 1. The molecule has 3 saturated carbocycles. The van der Waals surface area contributed by atoms with Crippen molar-refractivity contribution < 1.29 is 9.94 Å². The molecule has 3 unspecified atom stereocenters. The number of fused-ring (bicyclic) bond motifs is 2. The van der Waals surface area contributed by atoms with E-state index in [0.717, 1.165) is 57.3 Å². The number of benzene rings is 1. The maximum Gasteiger partial charge on any atom is 0.0974 e. The summed E-state index contributed by atoms with van der Waals surface area (Å²) >= 11 is 0. The largest absolute Gasteiger partial charge is 0.359 e. The van der Waals surface area contributed by atoms with Crippen LogP contribution in [0.1, 0.15) is 102 Å². The van der Waals surface area contributed by atoms with Gasteiger partial charge >= 0.3 is 0 Å². The number of allylic oxidation sites excluding steroid dienone is 1. The maximum absolute atomic E-state index is 11.4. The topological polar surface area (TPSA) is 45.6 Å². The summed E-state index contributed by atoms with van der Waals surface area (Å²) in [4.78, 5) is 4.40. The second kappa shape index (κ2) is 8.74. The standard InChI is InChI=1S/C35H44N2O2/c1-23-3-8-29(9-4-23)37(38)30-10-7-27-20-28-13-15-33(2)31(25-6-5-24-14-18-36-22-26(24)19-25)11-12-32(33)35(28)17-16-34(27,21-30)39-35/h5-6,13-14,18-20,22-23,29-32,38H,3-4,7-12,15-17,21H2,1-2H3/t23?,29?,30?,31?,32-,33?,34-,35-/m1/s1. The summed E-state index contributed by atoms with van der Waals surface area (Å²) in [6, 6.07) is 9.73. The molecule has 4 heteroatoms. The van der Waals surface area contributed by atoms with Crippen LogP contribution in [0, 0.1) is 17.3 Å². The molecule has 0 radical (unpaired) electrons. The SMILES string of the molecule is CC1CCC(N(O)C2CCC3=CC4=CCC5(C)C(c6ccc7ccncc7c6)CC[C@H]5[C@@]45CC[C@]3(C2)O5)CC1. The van der Waals surface area contributed by atoms with E-state index in [1.165, 1.54) is 53.2 Å². The van der Waals surface area contributed by atoms with Crippen LogP contribution >= 0.6 is 0 Å². The van der Waals surface area contributed by atoms with E-state index in [1.807, 2.05) is 12.4 Å². The van der Waals surface area contributed by atoms with Crippen LogP contribution in [-0.4, -0.2) is 38.5 Å². The molecule has 1 aromatic carbocycles. The van der Waals surface area contributed by atoms with Gasteiger partial charge in [-0.15, -0.1) is 0 Å².